The molecular weight excluding hydrogens is 202 g/mol. The van der Waals surface area contributed by atoms with Crippen molar-refractivity contribution in [3.05, 3.63) is 29.8 Å². The van der Waals surface area contributed by atoms with E-state index in [9.17, 15) is 5.11 Å². The van der Waals surface area contributed by atoms with Gasteiger partial charge in [0.25, 0.3) is 0 Å². The van der Waals surface area contributed by atoms with Gasteiger partial charge in [-0.1, -0.05) is 25.1 Å². The van der Waals surface area contributed by atoms with Gasteiger partial charge in [0.1, 0.15) is 5.75 Å². The summed E-state index contributed by atoms with van der Waals surface area (Å²) in [6.07, 6.45) is 1.66. The first kappa shape index (κ1) is 13.0. The van der Waals surface area contributed by atoms with Crippen molar-refractivity contribution in [2.75, 3.05) is 6.61 Å². The predicted octanol–water partition coefficient (Wildman–Crippen LogP) is 2.03. The molecule has 0 bridgehead atoms. The third-order valence-corrected chi connectivity index (χ3v) is 3.14. The quantitative estimate of drug-likeness (QED) is 0.691. The van der Waals surface area contributed by atoms with Crippen molar-refractivity contribution in [1.82, 2.24) is 5.32 Å². The predicted molar refractivity (Wildman–Crippen MR) is 65.3 cm³/mol. The molecule has 0 saturated carbocycles. The average Bonchev–Trinajstić information content (AvgIpc) is 2.28. The van der Waals surface area contributed by atoms with Gasteiger partial charge in [0.2, 0.25) is 0 Å². The molecule has 1 aromatic carbocycles. The summed E-state index contributed by atoms with van der Waals surface area (Å²) >= 11 is 0. The Morgan fingerprint density at radius 2 is 2.00 bits per heavy atom. The summed E-state index contributed by atoms with van der Waals surface area (Å²) in [6.45, 7) is 4.98. The molecule has 0 fully saturated rings. The van der Waals surface area contributed by atoms with E-state index in [-0.39, 0.29) is 12.1 Å². The van der Waals surface area contributed by atoms with Crippen molar-refractivity contribution in [1.29, 1.82) is 0 Å². The molecule has 16 heavy (non-hydrogen) atoms. The zero-order chi connectivity index (χ0) is 12.0. The summed E-state index contributed by atoms with van der Waals surface area (Å²) in [7, 11) is 0. The van der Waals surface area contributed by atoms with Crippen LogP contribution in [-0.4, -0.2) is 22.4 Å². The second-order valence-electron chi connectivity index (χ2n) is 4.37. The molecule has 1 unspecified atom stereocenters. The molecule has 1 rings (SSSR count). The zero-order valence-electron chi connectivity index (χ0n) is 10.0. The summed E-state index contributed by atoms with van der Waals surface area (Å²) in [6, 6.07) is 7.31. The molecule has 0 spiro atoms. The fraction of sp³-hybridized carbons (Fsp3) is 0.538. The Bertz CT molecular complexity index is 327. The molecule has 0 aromatic heterocycles. The van der Waals surface area contributed by atoms with Gasteiger partial charge in [0.05, 0.1) is 0 Å². The average molecular weight is 223 g/mol. The fourth-order valence-electron chi connectivity index (χ4n) is 1.61. The van der Waals surface area contributed by atoms with Crippen molar-refractivity contribution in [2.45, 2.75) is 38.8 Å². The van der Waals surface area contributed by atoms with Gasteiger partial charge in [-0.25, -0.2) is 0 Å². The van der Waals surface area contributed by atoms with Gasteiger partial charge in [0.15, 0.2) is 0 Å². The van der Waals surface area contributed by atoms with Crippen molar-refractivity contribution in [3.63, 3.8) is 0 Å². The third-order valence-electron chi connectivity index (χ3n) is 3.14. The molecule has 3 heteroatoms. The van der Waals surface area contributed by atoms with Crippen molar-refractivity contribution < 1.29 is 10.2 Å². The zero-order valence-corrected chi connectivity index (χ0v) is 10.0. The van der Waals surface area contributed by atoms with E-state index < -0.39 is 0 Å². The van der Waals surface area contributed by atoms with E-state index in [0.717, 1.165) is 18.4 Å². The van der Waals surface area contributed by atoms with Crippen LogP contribution < -0.4 is 5.32 Å². The summed E-state index contributed by atoms with van der Waals surface area (Å²) in [5.41, 5.74) is 0.817. The van der Waals surface area contributed by atoms with E-state index in [0.29, 0.717) is 12.3 Å². The van der Waals surface area contributed by atoms with Crippen LogP contribution in [0.15, 0.2) is 24.3 Å². The molecular formula is C13H21NO2. The smallest absolute Gasteiger partial charge is 0.120 e. The van der Waals surface area contributed by atoms with Crippen LogP contribution >= 0.6 is 0 Å². The molecule has 1 aromatic rings. The van der Waals surface area contributed by atoms with Gasteiger partial charge in [-0.15, -0.1) is 0 Å². The van der Waals surface area contributed by atoms with Gasteiger partial charge >= 0.3 is 0 Å². The normalized spacial score (nSPS) is 14.7. The molecule has 0 aliphatic rings. The van der Waals surface area contributed by atoms with Crippen LogP contribution in [0.2, 0.25) is 0 Å². The number of aliphatic hydroxyl groups is 1. The maximum absolute atomic E-state index is 9.62. The summed E-state index contributed by atoms with van der Waals surface area (Å²) < 4.78 is 0. The lowest BCUT2D eigenvalue weighted by Gasteiger charge is -2.29. The minimum Gasteiger partial charge on any atom is -0.508 e. The van der Waals surface area contributed by atoms with E-state index in [1.807, 2.05) is 18.2 Å². The molecule has 0 radical (unpaired) electrons. The number of rotatable bonds is 6. The first-order chi connectivity index (χ1) is 7.61. The fourth-order valence-corrected chi connectivity index (χ4v) is 1.61. The molecule has 0 aliphatic carbocycles. The highest BCUT2D eigenvalue weighted by Crippen LogP contribution is 2.19. The van der Waals surface area contributed by atoms with Crippen LogP contribution in [0.1, 0.15) is 32.3 Å². The minimum absolute atomic E-state index is 0.0724. The molecule has 1 atom stereocenters. The third kappa shape index (κ3) is 3.51. The largest absolute Gasteiger partial charge is 0.508 e. The number of hydrogen-bond acceptors (Lipinski definition) is 3. The van der Waals surface area contributed by atoms with Crippen LogP contribution in [-0.2, 0) is 6.54 Å². The Hall–Kier alpha value is -1.06. The second kappa shape index (κ2) is 5.87. The number of phenolic OH excluding ortho intramolecular Hbond substituents is 1. The lowest BCUT2D eigenvalue weighted by molar-refractivity contribution is 0.214. The van der Waals surface area contributed by atoms with Gasteiger partial charge in [-0.2, -0.15) is 0 Å². The number of benzene rings is 1. The van der Waals surface area contributed by atoms with Crippen LogP contribution in [0.5, 0.6) is 5.75 Å². The maximum atomic E-state index is 9.62. The highest BCUT2D eigenvalue weighted by atomic mass is 16.3. The molecule has 0 amide bonds. The number of aliphatic hydroxyl groups excluding tert-OH is 1. The van der Waals surface area contributed by atoms with Crippen molar-refractivity contribution in [3.8, 4) is 5.75 Å². The Labute approximate surface area is 97.1 Å². The SMILES string of the molecule is CCC(C)(CCO)NCc1ccccc1O. The molecule has 0 aliphatic heterocycles. The van der Waals surface area contributed by atoms with Crippen LogP contribution in [0.4, 0.5) is 0 Å². The number of nitrogens with one attached hydrogen (secondary N) is 1. The van der Waals surface area contributed by atoms with E-state index in [1.54, 1.807) is 6.07 Å². The number of hydrogen-bond donors (Lipinski definition) is 3. The monoisotopic (exact) mass is 223 g/mol. The van der Waals surface area contributed by atoms with E-state index >= 15 is 0 Å². The number of aromatic hydroxyl groups is 1. The Kier molecular flexibility index (Phi) is 4.77. The van der Waals surface area contributed by atoms with E-state index in [2.05, 4.69) is 19.2 Å². The molecule has 3 nitrogen and oxygen atoms in total. The second-order valence-corrected chi connectivity index (χ2v) is 4.37. The summed E-state index contributed by atoms with van der Waals surface area (Å²) in [4.78, 5) is 0. The molecule has 0 saturated heterocycles. The Morgan fingerprint density at radius 1 is 1.31 bits per heavy atom. The summed E-state index contributed by atoms with van der Waals surface area (Å²) in [5.74, 6) is 0.317. The minimum atomic E-state index is -0.0724. The lowest BCUT2D eigenvalue weighted by atomic mass is 9.94. The maximum Gasteiger partial charge on any atom is 0.120 e. The van der Waals surface area contributed by atoms with Crippen molar-refractivity contribution in [2.24, 2.45) is 0 Å². The van der Waals surface area contributed by atoms with Gasteiger partial charge in [0, 0.05) is 24.3 Å². The van der Waals surface area contributed by atoms with Crippen molar-refractivity contribution >= 4 is 0 Å². The number of phenols is 1. The van der Waals surface area contributed by atoms with Crippen LogP contribution in [0.25, 0.3) is 0 Å². The lowest BCUT2D eigenvalue weighted by Crippen LogP contribution is -2.42. The first-order valence-electron chi connectivity index (χ1n) is 5.74. The molecule has 0 heterocycles. The highest BCUT2D eigenvalue weighted by Gasteiger charge is 2.20. The Balaban J connectivity index is 2.59. The topological polar surface area (TPSA) is 52.5 Å². The first-order valence-corrected chi connectivity index (χ1v) is 5.74. The Morgan fingerprint density at radius 3 is 2.56 bits per heavy atom. The standard InChI is InChI=1S/C13H21NO2/c1-3-13(2,8-9-15)14-10-11-6-4-5-7-12(11)16/h4-7,14-16H,3,8-10H2,1-2H3. The van der Waals surface area contributed by atoms with Crippen LogP contribution in [0, 0.1) is 0 Å². The van der Waals surface area contributed by atoms with Gasteiger partial charge in [-0.3, -0.25) is 0 Å². The van der Waals surface area contributed by atoms with E-state index in [4.69, 9.17) is 5.11 Å². The molecule has 90 valence electrons. The van der Waals surface area contributed by atoms with Crippen LogP contribution in [0.3, 0.4) is 0 Å². The summed E-state index contributed by atoms with van der Waals surface area (Å²) in [5, 5.41) is 22.0. The highest BCUT2D eigenvalue weighted by molar-refractivity contribution is 5.31. The van der Waals surface area contributed by atoms with E-state index in [1.165, 1.54) is 0 Å². The van der Waals surface area contributed by atoms with Gasteiger partial charge < -0.3 is 15.5 Å². The molecule has 3 N–H and O–H groups in total. The van der Waals surface area contributed by atoms with Gasteiger partial charge in [-0.05, 0) is 25.8 Å². The number of para-hydroxylation sites is 1.